The van der Waals surface area contributed by atoms with Gasteiger partial charge in [0, 0.05) is 22.6 Å². The van der Waals surface area contributed by atoms with Crippen LogP contribution in [-0.4, -0.2) is 23.0 Å². The predicted octanol–water partition coefficient (Wildman–Crippen LogP) is 5.16. The molecule has 1 heterocycles. The second-order valence-electron chi connectivity index (χ2n) is 6.39. The van der Waals surface area contributed by atoms with E-state index in [-0.39, 0.29) is 0 Å². The van der Waals surface area contributed by atoms with Gasteiger partial charge in [-0.05, 0) is 48.7 Å². The van der Waals surface area contributed by atoms with Crippen molar-refractivity contribution in [2.24, 2.45) is 0 Å². The molecular formula is C21H24N2. The topological polar surface area (TPSA) is 19.0 Å². The van der Waals surface area contributed by atoms with Crippen molar-refractivity contribution >= 4 is 10.9 Å². The Morgan fingerprint density at radius 1 is 1.00 bits per heavy atom. The van der Waals surface area contributed by atoms with Gasteiger partial charge in [-0.25, -0.2) is 0 Å². The average molecular weight is 304 g/mol. The summed E-state index contributed by atoms with van der Waals surface area (Å²) in [5.74, 6) is 0. The lowest BCUT2D eigenvalue weighted by Crippen LogP contribution is -2.30. The van der Waals surface area contributed by atoms with Crippen molar-refractivity contribution in [3.05, 3.63) is 59.7 Å². The van der Waals surface area contributed by atoms with Gasteiger partial charge in [0.25, 0.3) is 0 Å². The number of aromatic nitrogens is 1. The number of nitrogens with one attached hydrogen (secondary N) is 1. The lowest BCUT2D eigenvalue weighted by atomic mass is 9.86. The first-order valence-electron chi connectivity index (χ1n) is 8.76. The van der Waals surface area contributed by atoms with Crippen molar-refractivity contribution in [3.8, 4) is 11.3 Å². The Kier molecular flexibility index (Phi) is 3.70. The predicted molar refractivity (Wildman–Crippen MR) is 97.7 cm³/mol. The van der Waals surface area contributed by atoms with E-state index in [9.17, 15) is 0 Å². The maximum absolute atomic E-state index is 3.69. The van der Waals surface area contributed by atoms with Crippen LogP contribution in [0, 0.1) is 0 Å². The molecule has 1 aliphatic rings. The summed E-state index contributed by atoms with van der Waals surface area (Å²) in [6.45, 7) is 6.77. The van der Waals surface area contributed by atoms with Crippen LogP contribution < -0.4 is 0 Å². The Morgan fingerprint density at radius 3 is 2.52 bits per heavy atom. The Bertz CT molecular complexity index is 812. The molecule has 0 aliphatic heterocycles. The van der Waals surface area contributed by atoms with E-state index in [1.807, 2.05) is 0 Å². The first kappa shape index (κ1) is 14.5. The van der Waals surface area contributed by atoms with Gasteiger partial charge in [0.15, 0.2) is 0 Å². The summed E-state index contributed by atoms with van der Waals surface area (Å²) in [5.41, 5.74) is 6.90. The molecule has 2 nitrogen and oxygen atoms in total. The van der Waals surface area contributed by atoms with E-state index in [1.54, 1.807) is 0 Å². The minimum absolute atomic E-state index is 0.556. The molecule has 0 bridgehead atoms. The van der Waals surface area contributed by atoms with E-state index in [0.717, 1.165) is 19.5 Å². The Labute approximate surface area is 138 Å². The van der Waals surface area contributed by atoms with Gasteiger partial charge in [-0.2, -0.15) is 0 Å². The van der Waals surface area contributed by atoms with Crippen LogP contribution in [0.1, 0.15) is 37.4 Å². The average Bonchev–Trinajstić information content (AvgIpc) is 2.99. The monoisotopic (exact) mass is 304 g/mol. The molecule has 2 aromatic carbocycles. The third kappa shape index (κ3) is 2.29. The lowest BCUT2D eigenvalue weighted by Gasteiger charge is -2.33. The Morgan fingerprint density at radius 2 is 1.78 bits per heavy atom. The quantitative estimate of drug-likeness (QED) is 0.705. The summed E-state index contributed by atoms with van der Waals surface area (Å²) in [6.07, 6.45) is 2.37. The smallest absolute Gasteiger partial charge is 0.0497 e. The first-order valence-corrected chi connectivity index (χ1v) is 8.76. The van der Waals surface area contributed by atoms with Crippen LogP contribution in [0.2, 0.25) is 0 Å². The maximum Gasteiger partial charge on any atom is 0.0497 e. The van der Waals surface area contributed by atoms with Crippen molar-refractivity contribution in [1.82, 2.24) is 9.88 Å². The summed E-state index contributed by atoms with van der Waals surface area (Å²) >= 11 is 0. The van der Waals surface area contributed by atoms with Gasteiger partial charge < -0.3 is 4.98 Å². The van der Waals surface area contributed by atoms with Crippen LogP contribution in [0.25, 0.3) is 22.2 Å². The van der Waals surface area contributed by atoms with Crippen LogP contribution in [0.5, 0.6) is 0 Å². The fourth-order valence-corrected chi connectivity index (χ4v) is 4.21. The molecule has 3 aromatic rings. The van der Waals surface area contributed by atoms with E-state index in [1.165, 1.54) is 39.7 Å². The van der Waals surface area contributed by atoms with Gasteiger partial charge in [0.05, 0.1) is 0 Å². The maximum atomic E-state index is 3.69. The molecule has 1 aliphatic carbocycles. The second-order valence-corrected chi connectivity index (χ2v) is 6.39. The van der Waals surface area contributed by atoms with Crippen LogP contribution >= 0.6 is 0 Å². The molecule has 2 heteroatoms. The molecule has 1 N–H and O–H groups in total. The molecule has 4 rings (SSSR count). The van der Waals surface area contributed by atoms with Gasteiger partial charge in [-0.1, -0.05) is 56.3 Å². The summed E-state index contributed by atoms with van der Waals surface area (Å²) < 4.78 is 0. The normalized spacial score (nSPS) is 17.1. The molecule has 23 heavy (non-hydrogen) atoms. The molecule has 0 amide bonds. The zero-order chi connectivity index (χ0) is 15.8. The van der Waals surface area contributed by atoms with Crippen molar-refractivity contribution in [3.63, 3.8) is 0 Å². The zero-order valence-electron chi connectivity index (χ0n) is 14.0. The lowest BCUT2D eigenvalue weighted by molar-refractivity contribution is 0.207. The van der Waals surface area contributed by atoms with Gasteiger partial charge in [0.2, 0.25) is 0 Å². The number of aryl methyl sites for hydroxylation is 1. The van der Waals surface area contributed by atoms with Gasteiger partial charge in [0.1, 0.15) is 0 Å². The third-order valence-electron chi connectivity index (χ3n) is 5.30. The summed E-state index contributed by atoms with van der Waals surface area (Å²) in [6, 6.07) is 18.0. The SMILES string of the molecule is CCN(CC)C1CCc2c(-c3ccccc3)[nH]c3cccc1c23. The molecule has 0 fully saturated rings. The highest BCUT2D eigenvalue weighted by Crippen LogP contribution is 2.42. The van der Waals surface area contributed by atoms with Crippen molar-refractivity contribution in [2.45, 2.75) is 32.7 Å². The fourth-order valence-electron chi connectivity index (χ4n) is 4.21. The van der Waals surface area contributed by atoms with Crippen molar-refractivity contribution < 1.29 is 0 Å². The minimum atomic E-state index is 0.556. The second kappa shape index (κ2) is 5.86. The van der Waals surface area contributed by atoms with E-state index >= 15 is 0 Å². The summed E-state index contributed by atoms with van der Waals surface area (Å²) in [4.78, 5) is 6.28. The van der Waals surface area contributed by atoms with Crippen LogP contribution in [0.3, 0.4) is 0 Å². The molecular weight excluding hydrogens is 280 g/mol. The highest BCUT2D eigenvalue weighted by atomic mass is 15.1. The largest absolute Gasteiger partial charge is 0.354 e. The van der Waals surface area contributed by atoms with Crippen LogP contribution in [0.4, 0.5) is 0 Å². The van der Waals surface area contributed by atoms with Crippen molar-refractivity contribution in [1.29, 1.82) is 0 Å². The number of aromatic amines is 1. The number of hydrogen-bond donors (Lipinski definition) is 1. The minimum Gasteiger partial charge on any atom is -0.354 e. The van der Waals surface area contributed by atoms with E-state index < -0.39 is 0 Å². The number of nitrogens with zero attached hydrogens (tertiary/aromatic N) is 1. The number of hydrogen-bond acceptors (Lipinski definition) is 1. The van der Waals surface area contributed by atoms with Gasteiger partial charge in [-0.3, -0.25) is 4.90 Å². The van der Waals surface area contributed by atoms with Crippen molar-refractivity contribution in [2.75, 3.05) is 13.1 Å². The van der Waals surface area contributed by atoms with E-state index in [4.69, 9.17) is 0 Å². The molecule has 0 saturated carbocycles. The molecule has 1 atom stereocenters. The summed E-state index contributed by atoms with van der Waals surface area (Å²) in [7, 11) is 0. The van der Waals surface area contributed by atoms with Crippen LogP contribution in [0.15, 0.2) is 48.5 Å². The number of rotatable bonds is 4. The number of H-pyrrole nitrogens is 1. The third-order valence-corrected chi connectivity index (χ3v) is 5.30. The van der Waals surface area contributed by atoms with Gasteiger partial charge >= 0.3 is 0 Å². The highest BCUT2D eigenvalue weighted by Gasteiger charge is 2.28. The number of benzene rings is 2. The van der Waals surface area contributed by atoms with Gasteiger partial charge in [-0.15, -0.1) is 0 Å². The Hall–Kier alpha value is -2.06. The van der Waals surface area contributed by atoms with Crippen LogP contribution in [-0.2, 0) is 6.42 Å². The summed E-state index contributed by atoms with van der Waals surface area (Å²) in [5, 5.41) is 1.47. The molecule has 1 unspecified atom stereocenters. The molecule has 0 radical (unpaired) electrons. The molecule has 1 aromatic heterocycles. The zero-order valence-corrected chi connectivity index (χ0v) is 14.0. The molecule has 0 spiro atoms. The highest BCUT2D eigenvalue weighted by molar-refractivity contribution is 5.94. The van der Waals surface area contributed by atoms with E-state index in [2.05, 4.69) is 72.3 Å². The Balaban J connectivity index is 1.91. The molecule has 0 saturated heterocycles. The van der Waals surface area contributed by atoms with E-state index in [0.29, 0.717) is 6.04 Å². The standard InChI is InChI=1S/C21H24N2/c1-3-23(4-2)19-14-13-17-20-16(19)11-8-12-18(20)22-21(17)15-9-6-5-7-10-15/h5-12,19,22H,3-4,13-14H2,1-2H3. The fraction of sp³-hybridized carbons (Fsp3) is 0.333. The first-order chi connectivity index (χ1) is 11.3. The molecule has 118 valence electrons.